The van der Waals surface area contributed by atoms with Crippen LogP contribution in [-0.2, 0) is 4.79 Å². The Labute approximate surface area is 94.6 Å². The number of amides is 1. The molecule has 2 N–H and O–H groups in total. The van der Waals surface area contributed by atoms with E-state index in [4.69, 9.17) is 10.3 Å². The largest absolute Gasteiger partial charge is 0.364 e. The van der Waals surface area contributed by atoms with Crippen LogP contribution in [0.15, 0.2) is 10.8 Å². The molecule has 0 aliphatic carbocycles. The SMILES string of the molecule is Cc1nocc1C1C(N)CC(=O)N1C(C)C. The number of aryl methyl sites for hydroxylation is 1. The number of carbonyl (C=O) groups is 1. The van der Waals surface area contributed by atoms with E-state index in [0.29, 0.717) is 6.42 Å². The van der Waals surface area contributed by atoms with Crippen molar-refractivity contribution in [1.29, 1.82) is 0 Å². The van der Waals surface area contributed by atoms with Gasteiger partial charge in [-0.2, -0.15) is 0 Å². The highest BCUT2D eigenvalue weighted by atomic mass is 16.5. The zero-order valence-corrected chi connectivity index (χ0v) is 9.80. The molecule has 2 rings (SSSR count). The summed E-state index contributed by atoms with van der Waals surface area (Å²) in [5, 5.41) is 3.85. The van der Waals surface area contributed by atoms with Crippen molar-refractivity contribution in [2.45, 2.75) is 45.3 Å². The Balaban J connectivity index is 2.38. The summed E-state index contributed by atoms with van der Waals surface area (Å²) in [7, 11) is 0. The van der Waals surface area contributed by atoms with Gasteiger partial charge in [0, 0.05) is 24.1 Å². The second-order valence-corrected chi connectivity index (χ2v) is 4.56. The van der Waals surface area contributed by atoms with Crippen molar-refractivity contribution in [3.63, 3.8) is 0 Å². The molecular formula is C11H17N3O2. The van der Waals surface area contributed by atoms with Gasteiger partial charge in [-0.3, -0.25) is 4.79 Å². The van der Waals surface area contributed by atoms with Gasteiger partial charge in [0.25, 0.3) is 0 Å². The molecule has 0 aromatic carbocycles. The molecule has 88 valence electrons. The summed E-state index contributed by atoms with van der Waals surface area (Å²) in [6.07, 6.45) is 1.99. The molecule has 2 heterocycles. The van der Waals surface area contributed by atoms with Crippen LogP contribution < -0.4 is 5.73 Å². The van der Waals surface area contributed by atoms with Gasteiger partial charge in [-0.05, 0) is 20.8 Å². The fourth-order valence-corrected chi connectivity index (χ4v) is 2.35. The Morgan fingerprint density at radius 3 is 2.81 bits per heavy atom. The molecule has 2 atom stereocenters. The molecule has 1 aromatic rings. The quantitative estimate of drug-likeness (QED) is 0.811. The number of nitrogens with zero attached hydrogens (tertiary/aromatic N) is 2. The maximum absolute atomic E-state index is 11.8. The number of likely N-dealkylation sites (tertiary alicyclic amines) is 1. The molecule has 0 radical (unpaired) electrons. The first-order valence-corrected chi connectivity index (χ1v) is 5.50. The average Bonchev–Trinajstić information content (AvgIpc) is 2.69. The number of nitrogens with two attached hydrogens (primary N) is 1. The number of hydrogen-bond acceptors (Lipinski definition) is 4. The number of hydrogen-bond donors (Lipinski definition) is 1. The molecule has 0 saturated carbocycles. The average molecular weight is 223 g/mol. The van der Waals surface area contributed by atoms with E-state index in [1.165, 1.54) is 0 Å². The van der Waals surface area contributed by atoms with Crippen molar-refractivity contribution in [2.75, 3.05) is 0 Å². The monoisotopic (exact) mass is 223 g/mol. The standard InChI is InChI=1S/C11H17N3O2/c1-6(2)14-10(15)4-9(12)11(14)8-5-16-13-7(8)3/h5-6,9,11H,4,12H2,1-3H3. The van der Waals surface area contributed by atoms with Crippen LogP contribution in [0.25, 0.3) is 0 Å². The highest BCUT2D eigenvalue weighted by molar-refractivity contribution is 5.80. The molecule has 16 heavy (non-hydrogen) atoms. The van der Waals surface area contributed by atoms with Crippen LogP contribution in [0.2, 0.25) is 0 Å². The van der Waals surface area contributed by atoms with E-state index in [-0.39, 0.29) is 24.0 Å². The molecular weight excluding hydrogens is 206 g/mol. The Morgan fingerprint density at radius 2 is 2.31 bits per heavy atom. The highest BCUT2D eigenvalue weighted by Gasteiger charge is 2.41. The first-order chi connectivity index (χ1) is 7.52. The van der Waals surface area contributed by atoms with E-state index >= 15 is 0 Å². The molecule has 1 aliphatic rings. The highest BCUT2D eigenvalue weighted by Crippen LogP contribution is 2.34. The first kappa shape index (κ1) is 11.1. The van der Waals surface area contributed by atoms with Crippen LogP contribution in [0.3, 0.4) is 0 Å². The summed E-state index contributed by atoms with van der Waals surface area (Å²) < 4.78 is 4.93. The fourth-order valence-electron chi connectivity index (χ4n) is 2.35. The summed E-state index contributed by atoms with van der Waals surface area (Å²) in [6, 6.07) is -0.132. The van der Waals surface area contributed by atoms with E-state index in [1.807, 2.05) is 25.7 Å². The molecule has 1 aromatic heterocycles. The predicted octanol–water partition coefficient (Wildman–Crippen LogP) is 0.992. The van der Waals surface area contributed by atoms with Crippen LogP contribution in [0, 0.1) is 6.92 Å². The minimum absolute atomic E-state index is 0.0984. The maximum Gasteiger partial charge on any atom is 0.225 e. The molecule has 0 spiro atoms. The Hall–Kier alpha value is -1.36. The molecule has 1 fully saturated rings. The predicted molar refractivity (Wildman–Crippen MR) is 58.6 cm³/mol. The molecule has 1 saturated heterocycles. The van der Waals surface area contributed by atoms with E-state index in [2.05, 4.69) is 5.16 Å². The van der Waals surface area contributed by atoms with Gasteiger partial charge >= 0.3 is 0 Å². The van der Waals surface area contributed by atoms with Crippen molar-refractivity contribution in [2.24, 2.45) is 5.73 Å². The minimum Gasteiger partial charge on any atom is -0.364 e. The topological polar surface area (TPSA) is 72.4 Å². The van der Waals surface area contributed by atoms with E-state index in [9.17, 15) is 4.79 Å². The fraction of sp³-hybridized carbons (Fsp3) is 0.636. The van der Waals surface area contributed by atoms with Gasteiger partial charge in [0.2, 0.25) is 5.91 Å². The van der Waals surface area contributed by atoms with Crippen LogP contribution in [0.1, 0.15) is 37.6 Å². The van der Waals surface area contributed by atoms with Gasteiger partial charge in [-0.25, -0.2) is 0 Å². The van der Waals surface area contributed by atoms with Gasteiger partial charge in [0.15, 0.2) is 0 Å². The Kier molecular flexibility index (Phi) is 2.71. The normalized spacial score (nSPS) is 25.8. The Bertz CT molecular complexity index is 400. The summed E-state index contributed by atoms with van der Waals surface area (Å²) in [6.45, 7) is 5.85. The number of rotatable bonds is 2. The smallest absolute Gasteiger partial charge is 0.225 e. The zero-order valence-electron chi connectivity index (χ0n) is 9.80. The number of carbonyl (C=O) groups excluding carboxylic acids is 1. The second kappa shape index (κ2) is 3.90. The Morgan fingerprint density at radius 1 is 1.62 bits per heavy atom. The summed E-state index contributed by atoms with van der Waals surface area (Å²) in [4.78, 5) is 13.7. The van der Waals surface area contributed by atoms with Crippen LogP contribution >= 0.6 is 0 Å². The van der Waals surface area contributed by atoms with Crippen molar-refractivity contribution in [1.82, 2.24) is 10.1 Å². The van der Waals surface area contributed by atoms with Gasteiger partial charge in [0.1, 0.15) is 6.26 Å². The van der Waals surface area contributed by atoms with E-state index in [1.54, 1.807) is 6.26 Å². The first-order valence-electron chi connectivity index (χ1n) is 5.50. The molecule has 0 bridgehead atoms. The van der Waals surface area contributed by atoms with Crippen LogP contribution in [-0.4, -0.2) is 28.0 Å². The maximum atomic E-state index is 11.8. The second-order valence-electron chi connectivity index (χ2n) is 4.56. The summed E-state index contributed by atoms with van der Waals surface area (Å²) >= 11 is 0. The lowest BCUT2D eigenvalue weighted by Crippen LogP contribution is -2.37. The van der Waals surface area contributed by atoms with E-state index < -0.39 is 0 Å². The third kappa shape index (κ3) is 1.61. The van der Waals surface area contributed by atoms with Crippen molar-refractivity contribution < 1.29 is 9.32 Å². The molecule has 1 aliphatic heterocycles. The van der Waals surface area contributed by atoms with Crippen molar-refractivity contribution in [3.8, 4) is 0 Å². The van der Waals surface area contributed by atoms with Crippen molar-refractivity contribution in [3.05, 3.63) is 17.5 Å². The molecule has 5 heteroatoms. The lowest BCUT2D eigenvalue weighted by molar-refractivity contribution is -0.130. The molecule has 1 amide bonds. The van der Waals surface area contributed by atoms with Crippen LogP contribution in [0.5, 0.6) is 0 Å². The van der Waals surface area contributed by atoms with E-state index in [0.717, 1.165) is 11.3 Å². The van der Waals surface area contributed by atoms with Crippen molar-refractivity contribution >= 4 is 5.91 Å². The lowest BCUT2D eigenvalue weighted by atomic mass is 10.0. The minimum atomic E-state index is -0.173. The van der Waals surface area contributed by atoms with Gasteiger partial charge < -0.3 is 15.2 Å². The zero-order chi connectivity index (χ0) is 11.9. The van der Waals surface area contributed by atoms with Gasteiger partial charge in [0.05, 0.1) is 11.7 Å². The number of aromatic nitrogens is 1. The summed E-state index contributed by atoms with van der Waals surface area (Å²) in [5.41, 5.74) is 7.76. The summed E-state index contributed by atoms with van der Waals surface area (Å²) in [5.74, 6) is 0.105. The van der Waals surface area contributed by atoms with Crippen LogP contribution in [0.4, 0.5) is 0 Å². The molecule has 5 nitrogen and oxygen atoms in total. The third-order valence-electron chi connectivity index (χ3n) is 3.07. The lowest BCUT2D eigenvalue weighted by Gasteiger charge is -2.29. The molecule has 2 unspecified atom stereocenters. The van der Waals surface area contributed by atoms with Gasteiger partial charge in [-0.1, -0.05) is 5.16 Å². The third-order valence-corrected chi connectivity index (χ3v) is 3.07. The van der Waals surface area contributed by atoms with Gasteiger partial charge in [-0.15, -0.1) is 0 Å².